The van der Waals surface area contributed by atoms with E-state index in [1.54, 1.807) is 0 Å². The van der Waals surface area contributed by atoms with E-state index in [1.807, 2.05) is 6.08 Å². The normalized spacial score (nSPS) is 20.7. The molecule has 0 bridgehead atoms. The van der Waals surface area contributed by atoms with Gasteiger partial charge in [0.05, 0.1) is 0 Å². The Balaban J connectivity index is 1.47. The minimum atomic E-state index is -0.0416. The lowest BCUT2D eigenvalue weighted by molar-refractivity contribution is -0.110. The Morgan fingerprint density at radius 1 is 0.867 bits per heavy atom. The first-order valence-electron chi connectivity index (χ1n) is 10.5. The minimum absolute atomic E-state index is 0.0416. The van der Waals surface area contributed by atoms with Gasteiger partial charge in [0.25, 0.3) is 0 Å². The van der Waals surface area contributed by atoms with Gasteiger partial charge in [0.1, 0.15) is 6.29 Å². The highest BCUT2D eigenvalue weighted by atomic mass is 16.1. The molecule has 2 unspecified atom stereocenters. The fraction of sp³-hybridized carbons (Fsp3) is 0.148. The number of hydrazine groups is 1. The van der Waals surface area contributed by atoms with E-state index in [2.05, 4.69) is 83.7 Å². The predicted octanol–water partition coefficient (Wildman–Crippen LogP) is 5.05. The van der Waals surface area contributed by atoms with Crippen molar-refractivity contribution in [3.05, 3.63) is 95.7 Å². The zero-order chi connectivity index (χ0) is 20.1. The first-order chi connectivity index (χ1) is 14.8. The van der Waals surface area contributed by atoms with Crippen LogP contribution in [0.3, 0.4) is 0 Å². The van der Waals surface area contributed by atoms with Crippen LogP contribution in [0.5, 0.6) is 0 Å². The second-order valence-corrected chi connectivity index (χ2v) is 8.30. The van der Waals surface area contributed by atoms with Crippen LogP contribution in [-0.2, 0) is 11.2 Å². The molecule has 0 spiro atoms. The van der Waals surface area contributed by atoms with E-state index >= 15 is 0 Å². The van der Waals surface area contributed by atoms with Gasteiger partial charge in [-0.3, -0.25) is 0 Å². The molecule has 0 saturated carbocycles. The Labute approximate surface area is 175 Å². The van der Waals surface area contributed by atoms with E-state index in [9.17, 15) is 4.79 Å². The van der Waals surface area contributed by atoms with Gasteiger partial charge in [-0.1, -0.05) is 78.9 Å². The molecular weight excluding hydrogens is 368 g/mol. The van der Waals surface area contributed by atoms with Gasteiger partial charge < -0.3 is 10.2 Å². The maximum Gasteiger partial charge on any atom is 0.127 e. The second-order valence-electron chi connectivity index (χ2n) is 8.30. The zero-order valence-corrected chi connectivity index (χ0v) is 16.6. The first kappa shape index (κ1) is 17.4. The standard InChI is InChI=1S/C27H22N2O/c30-16-21-8-7-20(27-26(21)15-28-29-27)13-17-5-6-19-10-11-23-22-4-2-1-3-18(22)9-12-24(23)25(19)14-17/h1-12,14,16,21,26,28-29H,13,15H2. The van der Waals surface area contributed by atoms with Gasteiger partial charge in [-0.2, -0.15) is 0 Å². The van der Waals surface area contributed by atoms with Gasteiger partial charge in [0.2, 0.25) is 0 Å². The molecule has 4 aromatic carbocycles. The monoisotopic (exact) mass is 390 g/mol. The van der Waals surface area contributed by atoms with Gasteiger partial charge in [-0.25, -0.2) is 5.43 Å². The number of hydrogen-bond acceptors (Lipinski definition) is 3. The van der Waals surface area contributed by atoms with Gasteiger partial charge in [0, 0.05) is 24.1 Å². The Morgan fingerprint density at radius 3 is 2.50 bits per heavy atom. The molecule has 1 saturated heterocycles. The molecule has 1 heterocycles. The van der Waals surface area contributed by atoms with Crippen LogP contribution in [0.2, 0.25) is 0 Å². The Morgan fingerprint density at radius 2 is 1.63 bits per heavy atom. The number of carbonyl (C=O) groups is 1. The molecule has 3 heteroatoms. The molecule has 146 valence electrons. The molecule has 1 aliphatic carbocycles. The van der Waals surface area contributed by atoms with Crippen molar-refractivity contribution in [3.63, 3.8) is 0 Å². The average molecular weight is 390 g/mol. The third kappa shape index (κ3) is 2.66. The zero-order valence-electron chi connectivity index (χ0n) is 16.6. The van der Waals surface area contributed by atoms with Crippen molar-refractivity contribution in [2.24, 2.45) is 11.8 Å². The predicted molar refractivity (Wildman–Crippen MR) is 123 cm³/mol. The van der Waals surface area contributed by atoms with E-state index in [1.165, 1.54) is 49.2 Å². The van der Waals surface area contributed by atoms with Crippen LogP contribution in [0.15, 0.2) is 90.2 Å². The molecule has 1 aliphatic heterocycles. The molecule has 0 aromatic heterocycles. The first-order valence-corrected chi connectivity index (χ1v) is 10.5. The fourth-order valence-corrected chi connectivity index (χ4v) is 5.04. The molecule has 1 fully saturated rings. The highest BCUT2D eigenvalue weighted by molar-refractivity contribution is 6.17. The summed E-state index contributed by atoms with van der Waals surface area (Å²) in [6.07, 6.45) is 6.07. The largest absolute Gasteiger partial charge is 0.325 e. The van der Waals surface area contributed by atoms with Gasteiger partial charge in [-0.15, -0.1) is 0 Å². The van der Waals surface area contributed by atoms with Crippen molar-refractivity contribution < 1.29 is 4.79 Å². The summed E-state index contributed by atoms with van der Waals surface area (Å²) in [6, 6.07) is 24.3. The summed E-state index contributed by atoms with van der Waals surface area (Å²) in [7, 11) is 0. The van der Waals surface area contributed by atoms with Crippen LogP contribution in [0.4, 0.5) is 0 Å². The van der Waals surface area contributed by atoms with Crippen molar-refractivity contribution in [1.82, 2.24) is 10.9 Å². The van der Waals surface area contributed by atoms with E-state index in [0.29, 0.717) is 0 Å². The molecular formula is C27H22N2O. The fourth-order valence-electron chi connectivity index (χ4n) is 5.04. The molecule has 2 atom stereocenters. The second kappa shape index (κ2) is 6.82. The van der Waals surface area contributed by atoms with Crippen LogP contribution in [-0.4, -0.2) is 12.8 Å². The number of nitrogens with one attached hydrogen (secondary N) is 2. The van der Waals surface area contributed by atoms with Crippen molar-refractivity contribution in [2.75, 3.05) is 6.54 Å². The van der Waals surface area contributed by atoms with Crippen LogP contribution in [0.1, 0.15) is 5.56 Å². The maximum atomic E-state index is 11.4. The molecule has 2 N–H and O–H groups in total. The average Bonchev–Trinajstić information content (AvgIpc) is 3.29. The van der Waals surface area contributed by atoms with Crippen LogP contribution < -0.4 is 10.9 Å². The molecule has 3 nitrogen and oxygen atoms in total. The lowest BCUT2D eigenvalue weighted by atomic mass is 9.83. The number of hydrogen-bond donors (Lipinski definition) is 2. The summed E-state index contributed by atoms with van der Waals surface area (Å²) in [6.45, 7) is 0.794. The van der Waals surface area contributed by atoms with Crippen LogP contribution in [0.25, 0.3) is 32.3 Å². The number of allylic oxidation sites excluding steroid dienone is 3. The summed E-state index contributed by atoms with van der Waals surface area (Å²) >= 11 is 0. The Bertz CT molecular complexity index is 1380. The smallest absolute Gasteiger partial charge is 0.127 e. The van der Waals surface area contributed by atoms with Crippen LogP contribution >= 0.6 is 0 Å². The SMILES string of the molecule is O=CC1C=CC(Cc2ccc3ccc4c5ccccc5ccc4c3c2)=C2NNCC21. The van der Waals surface area contributed by atoms with Crippen molar-refractivity contribution in [2.45, 2.75) is 6.42 Å². The summed E-state index contributed by atoms with van der Waals surface area (Å²) in [5.74, 6) is 0.176. The Kier molecular flexibility index (Phi) is 3.96. The number of rotatable bonds is 3. The number of fused-ring (bicyclic) bond motifs is 6. The summed E-state index contributed by atoms with van der Waals surface area (Å²) in [5, 5.41) is 7.72. The molecule has 0 radical (unpaired) electrons. The molecule has 6 rings (SSSR count). The summed E-state index contributed by atoms with van der Waals surface area (Å²) in [4.78, 5) is 11.4. The molecule has 2 aliphatic rings. The van der Waals surface area contributed by atoms with Gasteiger partial charge >= 0.3 is 0 Å². The number of aldehydes is 1. The quantitative estimate of drug-likeness (QED) is 0.380. The summed E-state index contributed by atoms with van der Waals surface area (Å²) in [5.41, 5.74) is 10.2. The van der Waals surface area contributed by atoms with Crippen molar-refractivity contribution in [3.8, 4) is 0 Å². The van der Waals surface area contributed by atoms with Crippen molar-refractivity contribution >= 4 is 38.6 Å². The van der Waals surface area contributed by atoms with Crippen LogP contribution in [0, 0.1) is 11.8 Å². The number of benzene rings is 4. The van der Waals surface area contributed by atoms with E-state index in [0.717, 1.165) is 19.3 Å². The highest BCUT2D eigenvalue weighted by Gasteiger charge is 2.31. The highest BCUT2D eigenvalue weighted by Crippen LogP contribution is 2.34. The summed E-state index contributed by atoms with van der Waals surface area (Å²) < 4.78 is 0. The van der Waals surface area contributed by atoms with Gasteiger partial charge in [-0.05, 0) is 49.9 Å². The van der Waals surface area contributed by atoms with E-state index < -0.39 is 0 Å². The van der Waals surface area contributed by atoms with Gasteiger partial charge in [0.15, 0.2) is 0 Å². The third-order valence-corrected chi connectivity index (χ3v) is 6.61. The lowest BCUT2D eigenvalue weighted by Crippen LogP contribution is -2.23. The van der Waals surface area contributed by atoms with Crippen molar-refractivity contribution in [1.29, 1.82) is 0 Å². The molecule has 30 heavy (non-hydrogen) atoms. The minimum Gasteiger partial charge on any atom is -0.325 e. The lowest BCUT2D eigenvalue weighted by Gasteiger charge is -2.22. The maximum absolute atomic E-state index is 11.4. The molecule has 0 amide bonds. The topological polar surface area (TPSA) is 41.1 Å². The molecule has 4 aromatic rings. The van der Waals surface area contributed by atoms with E-state index in [-0.39, 0.29) is 11.8 Å². The number of carbonyl (C=O) groups excluding carboxylic acids is 1. The Hall–Kier alpha value is -3.43. The third-order valence-electron chi connectivity index (χ3n) is 6.61. The van der Waals surface area contributed by atoms with E-state index in [4.69, 9.17) is 0 Å².